The zero-order valence-corrected chi connectivity index (χ0v) is 17.2. The van der Waals surface area contributed by atoms with E-state index in [4.69, 9.17) is 16.6 Å². The number of hydrogen-bond acceptors (Lipinski definition) is 6. The quantitative estimate of drug-likeness (QED) is 0.505. The van der Waals surface area contributed by atoms with Gasteiger partial charge in [0.05, 0.1) is 4.91 Å². The van der Waals surface area contributed by atoms with Gasteiger partial charge >= 0.3 is 5.97 Å². The predicted octanol–water partition coefficient (Wildman–Crippen LogP) is 4.49. The number of thioether (sulfide) groups is 2. The van der Waals surface area contributed by atoms with Crippen LogP contribution in [0, 0.1) is 5.82 Å². The molecule has 0 radical (unpaired) electrons. The standard InChI is InChI=1S/C19H16FNO4S3/c1-27-9-8-14(18(23)24)21-17(22)16(28-19(21)26)10-13-6-7-15(25-13)11-2-4-12(20)5-3-11/h2-7,10,14H,8-9H2,1H3,(H,23,24)/b16-10-/t14-/m1/s1. The van der Waals surface area contributed by atoms with Crippen molar-refractivity contribution in [1.29, 1.82) is 0 Å². The van der Waals surface area contributed by atoms with Gasteiger partial charge in [-0.2, -0.15) is 11.8 Å². The zero-order valence-electron chi connectivity index (χ0n) is 14.8. The van der Waals surface area contributed by atoms with Gasteiger partial charge in [-0.05, 0) is 54.8 Å². The number of hydrogen-bond donors (Lipinski definition) is 1. The molecule has 2 heterocycles. The Hall–Kier alpha value is -2.10. The van der Waals surface area contributed by atoms with E-state index in [1.165, 1.54) is 23.9 Å². The molecule has 1 fully saturated rings. The molecule has 0 saturated carbocycles. The minimum atomic E-state index is -1.08. The average Bonchev–Trinajstić information content (AvgIpc) is 3.22. The molecule has 1 aromatic carbocycles. The number of aliphatic carboxylic acids is 1. The third-order valence-corrected chi connectivity index (χ3v) is 6.02. The topological polar surface area (TPSA) is 70.8 Å². The van der Waals surface area contributed by atoms with Crippen molar-refractivity contribution < 1.29 is 23.5 Å². The van der Waals surface area contributed by atoms with E-state index in [9.17, 15) is 19.1 Å². The molecule has 1 N–H and O–H groups in total. The van der Waals surface area contributed by atoms with Crippen LogP contribution in [0.1, 0.15) is 12.2 Å². The molecule has 1 saturated heterocycles. The number of halogens is 1. The Bertz CT molecular complexity index is 939. The van der Waals surface area contributed by atoms with E-state index in [1.54, 1.807) is 30.3 Å². The second-order valence-corrected chi connectivity index (χ2v) is 8.56. The van der Waals surface area contributed by atoms with Crippen LogP contribution < -0.4 is 0 Å². The van der Waals surface area contributed by atoms with Gasteiger partial charge in [0.1, 0.15) is 27.7 Å². The van der Waals surface area contributed by atoms with Gasteiger partial charge in [0, 0.05) is 11.6 Å². The number of carbonyl (C=O) groups is 2. The van der Waals surface area contributed by atoms with Crippen LogP contribution in [0.3, 0.4) is 0 Å². The second-order valence-electron chi connectivity index (χ2n) is 5.90. The number of rotatable bonds is 7. The Labute approximate surface area is 175 Å². The van der Waals surface area contributed by atoms with E-state index in [2.05, 4.69) is 0 Å². The van der Waals surface area contributed by atoms with Crippen LogP contribution in [-0.4, -0.2) is 44.3 Å². The van der Waals surface area contributed by atoms with Gasteiger partial charge in [-0.3, -0.25) is 9.69 Å². The first-order chi connectivity index (χ1) is 13.4. The van der Waals surface area contributed by atoms with Crippen molar-refractivity contribution in [2.45, 2.75) is 12.5 Å². The van der Waals surface area contributed by atoms with Gasteiger partial charge in [-0.25, -0.2) is 9.18 Å². The van der Waals surface area contributed by atoms with Gasteiger partial charge < -0.3 is 9.52 Å². The summed E-state index contributed by atoms with van der Waals surface area (Å²) in [5, 5.41) is 9.48. The molecule has 2 aromatic rings. The van der Waals surface area contributed by atoms with Crippen molar-refractivity contribution in [3.05, 3.63) is 52.9 Å². The number of benzene rings is 1. The van der Waals surface area contributed by atoms with Crippen LogP contribution in [0.5, 0.6) is 0 Å². The van der Waals surface area contributed by atoms with Crippen molar-refractivity contribution in [3.63, 3.8) is 0 Å². The zero-order chi connectivity index (χ0) is 20.3. The molecule has 0 unspecified atom stereocenters. The highest BCUT2D eigenvalue weighted by molar-refractivity contribution is 8.26. The molecule has 3 rings (SSSR count). The predicted molar refractivity (Wildman–Crippen MR) is 114 cm³/mol. The van der Waals surface area contributed by atoms with Crippen molar-refractivity contribution in [1.82, 2.24) is 4.90 Å². The summed E-state index contributed by atoms with van der Waals surface area (Å²) >= 11 is 7.80. The third-order valence-electron chi connectivity index (χ3n) is 4.04. The molecule has 1 aliphatic rings. The van der Waals surface area contributed by atoms with E-state index in [-0.39, 0.29) is 10.1 Å². The summed E-state index contributed by atoms with van der Waals surface area (Å²) in [6.07, 6.45) is 3.73. The Kier molecular flexibility index (Phi) is 6.58. The van der Waals surface area contributed by atoms with Crippen molar-refractivity contribution in [2.75, 3.05) is 12.0 Å². The number of thiocarbonyl (C=S) groups is 1. The fourth-order valence-electron chi connectivity index (χ4n) is 2.67. The molecule has 9 heteroatoms. The lowest BCUT2D eigenvalue weighted by Crippen LogP contribution is -2.44. The van der Waals surface area contributed by atoms with Gasteiger partial charge in [-0.1, -0.05) is 24.0 Å². The van der Waals surface area contributed by atoms with E-state index >= 15 is 0 Å². The Balaban J connectivity index is 1.82. The van der Waals surface area contributed by atoms with Crippen LogP contribution in [0.4, 0.5) is 4.39 Å². The molecule has 1 atom stereocenters. The molecule has 1 amide bonds. The maximum absolute atomic E-state index is 13.1. The average molecular weight is 438 g/mol. The molecule has 146 valence electrons. The summed E-state index contributed by atoms with van der Waals surface area (Å²) < 4.78 is 19.0. The summed E-state index contributed by atoms with van der Waals surface area (Å²) in [5.74, 6) is -0.298. The number of furan rings is 1. The number of nitrogens with zero attached hydrogens (tertiary/aromatic N) is 1. The van der Waals surface area contributed by atoms with E-state index in [0.717, 1.165) is 16.7 Å². The first kappa shape index (κ1) is 20.6. The molecule has 28 heavy (non-hydrogen) atoms. The molecular weight excluding hydrogens is 421 g/mol. The normalized spacial score (nSPS) is 16.8. The fourth-order valence-corrected chi connectivity index (χ4v) is 4.47. The Morgan fingerprint density at radius 3 is 2.71 bits per heavy atom. The lowest BCUT2D eigenvalue weighted by atomic mass is 10.2. The lowest BCUT2D eigenvalue weighted by molar-refractivity contribution is -0.145. The van der Waals surface area contributed by atoms with Crippen LogP contribution in [0.15, 0.2) is 45.7 Å². The van der Waals surface area contributed by atoms with E-state index in [1.807, 2.05) is 6.26 Å². The molecule has 0 spiro atoms. The largest absolute Gasteiger partial charge is 0.480 e. The number of carbonyl (C=O) groups excluding carboxylic acids is 1. The highest BCUT2D eigenvalue weighted by atomic mass is 32.2. The first-order valence-electron chi connectivity index (χ1n) is 8.25. The molecule has 1 aliphatic heterocycles. The minimum absolute atomic E-state index is 0.218. The van der Waals surface area contributed by atoms with E-state index in [0.29, 0.717) is 34.2 Å². The maximum atomic E-state index is 13.1. The Morgan fingerprint density at radius 2 is 2.07 bits per heavy atom. The Morgan fingerprint density at radius 1 is 1.36 bits per heavy atom. The summed E-state index contributed by atoms with van der Waals surface area (Å²) in [5.41, 5.74) is 0.705. The summed E-state index contributed by atoms with van der Waals surface area (Å²) in [6, 6.07) is 8.29. The highest BCUT2D eigenvalue weighted by Gasteiger charge is 2.40. The van der Waals surface area contributed by atoms with Crippen LogP contribution >= 0.6 is 35.7 Å². The minimum Gasteiger partial charge on any atom is -0.480 e. The SMILES string of the molecule is CSCC[C@H](C(=O)O)N1C(=O)/C(=C/c2ccc(-c3ccc(F)cc3)o2)SC1=S. The maximum Gasteiger partial charge on any atom is 0.326 e. The summed E-state index contributed by atoms with van der Waals surface area (Å²) in [4.78, 5) is 25.8. The number of amides is 1. The van der Waals surface area contributed by atoms with Crippen molar-refractivity contribution in [2.24, 2.45) is 0 Å². The molecule has 0 bridgehead atoms. The molecule has 5 nitrogen and oxygen atoms in total. The van der Waals surface area contributed by atoms with Crippen LogP contribution in [-0.2, 0) is 9.59 Å². The van der Waals surface area contributed by atoms with Crippen molar-refractivity contribution in [3.8, 4) is 11.3 Å². The van der Waals surface area contributed by atoms with E-state index < -0.39 is 17.9 Å². The monoisotopic (exact) mass is 437 g/mol. The highest BCUT2D eigenvalue weighted by Crippen LogP contribution is 2.35. The summed E-state index contributed by atoms with van der Waals surface area (Å²) in [7, 11) is 0. The molecular formula is C19H16FNO4S3. The third kappa shape index (κ3) is 4.48. The summed E-state index contributed by atoms with van der Waals surface area (Å²) in [6.45, 7) is 0. The fraction of sp³-hybridized carbons (Fsp3) is 0.211. The number of carboxylic acid groups (broad SMARTS) is 1. The van der Waals surface area contributed by atoms with Gasteiger partial charge in [0.25, 0.3) is 5.91 Å². The smallest absolute Gasteiger partial charge is 0.326 e. The van der Waals surface area contributed by atoms with Gasteiger partial charge in [0.2, 0.25) is 0 Å². The van der Waals surface area contributed by atoms with Crippen LogP contribution in [0.25, 0.3) is 17.4 Å². The van der Waals surface area contributed by atoms with Gasteiger partial charge in [0.15, 0.2) is 0 Å². The van der Waals surface area contributed by atoms with Crippen molar-refractivity contribution >= 4 is 58.0 Å². The molecule has 0 aliphatic carbocycles. The lowest BCUT2D eigenvalue weighted by Gasteiger charge is -2.22. The van der Waals surface area contributed by atoms with Gasteiger partial charge in [-0.15, -0.1) is 0 Å². The number of carboxylic acids is 1. The van der Waals surface area contributed by atoms with Crippen LogP contribution in [0.2, 0.25) is 0 Å². The molecule has 1 aromatic heterocycles. The first-order valence-corrected chi connectivity index (χ1v) is 10.9. The second kappa shape index (κ2) is 8.93.